The van der Waals surface area contributed by atoms with E-state index in [9.17, 15) is 14.9 Å². The predicted molar refractivity (Wildman–Crippen MR) is 103 cm³/mol. The van der Waals surface area contributed by atoms with Crippen molar-refractivity contribution in [2.75, 3.05) is 31.1 Å². The van der Waals surface area contributed by atoms with E-state index < -0.39 is 0 Å². The van der Waals surface area contributed by atoms with Crippen LogP contribution < -0.4 is 4.90 Å². The molecule has 0 radical (unpaired) electrons. The summed E-state index contributed by atoms with van der Waals surface area (Å²) >= 11 is 0. The monoisotopic (exact) mass is 378 g/mol. The lowest BCUT2D eigenvalue weighted by molar-refractivity contribution is -0.384. The Hall–Kier alpha value is -3.75. The topological polar surface area (TPSA) is 97.4 Å². The molecule has 2 heterocycles. The third kappa shape index (κ3) is 3.41. The first-order valence-corrected chi connectivity index (χ1v) is 8.86. The zero-order chi connectivity index (χ0) is 19.5. The van der Waals surface area contributed by atoms with Crippen molar-refractivity contribution in [2.45, 2.75) is 0 Å². The number of carbonyl (C=O) groups excluding carboxylic acids is 1. The molecule has 1 aliphatic heterocycles. The third-order valence-corrected chi connectivity index (χ3v) is 4.80. The second-order valence-electron chi connectivity index (χ2n) is 6.44. The van der Waals surface area contributed by atoms with Crippen molar-refractivity contribution >= 4 is 17.3 Å². The van der Waals surface area contributed by atoms with Gasteiger partial charge in [0.15, 0.2) is 0 Å². The van der Waals surface area contributed by atoms with E-state index in [1.807, 2.05) is 23.1 Å². The van der Waals surface area contributed by atoms with Gasteiger partial charge in [0.1, 0.15) is 18.3 Å². The summed E-state index contributed by atoms with van der Waals surface area (Å²) in [7, 11) is 0. The molecule has 0 unspecified atom stereocenters. The highest BCUT2D eigenvalue weighted by Crippen LogP contribution is 2.31. The van der Waals surface area contributed by atoms with Crippen LogP contribution in [0.15, 0.2) is 61.2 Å². The summed E-state index contributed by atoms with van der Waals surface area (Å²) in [5.41, 5.74) is 1.85. The fraction of sp³-hybridized carbons (Fsp3) is 0.211. The first kappa shape index (κ1) is 17.7. The maximum atomic E-state index is 12.6. The number of benzene rings is 2. The number of piperazine rings is 1. The number of hydrogen-bond acceptors (Lipinski definition) is 6. The second-order valence-corrected chi connectivity index (χ2v) is 6.44. The van der Waals surface area contributed by atoms with Gasteiger partial charge in [0.05, 0.1) is 10.6 Å². The van der Waals surface area contributed by atoms with E-state index in [-0.39, 0.29) is 16.5 Å². The number of nitro groups is 1. The highest BCUT2D eigenvalue weighted by molar-refractivity contribution is 5.94. The molecular formula is C19H18N6O3. The van der Waals surface area contributed by atoms with E-state index in [1.54, 1.807) is 33.7 Å². The molecule has 1 aliphatic rings. The van der Waals surface area contributed by atoms with Crippen LogP contribution in [-0.2, 0) is 0 Å². The molecule has 1 fully saturated rings. The van der Waals surface area contributed by atoms with Crippen molar-refractivity contribution in [1.29, 1.82) is 0 Å². The number of amides is 1. The van der Waals surface area contributed by atoms with Crippen LogP contribution >= 0.6 is 0 Å². The van der Waals surface area contributed by atoms with Gasteiger partial charge in [-0.05, 0) is 24.3 Å². The molecule has 0 spiro atoms. The Kier molecular flexibility index (Phi) is 4.71. The van der Waals surface area contributed by atoms with E-state index in [1.165, 1.54) is 18.7 Å². The van der Waals surface area contributed by atoms with Crippen molar-refractivity contribution in [3.05, 3.63) is 76.9 Å². The molecular weight excluding hydrogens is 360 g/mol. The van der Waals surface area contributed by atoms with Crippen LogP contribution in [0, 0.1) is 10.1 Å². The summed E-state index contributed by atoms with van der Waals surface area (Å²) < 4.78 is 1.62. The Balaban J connectivity index is 1.51. The molecule has 3 aromatic rings. The van der Waals surface area contributed by atoms with Crippen LogP contribution in [0.5, 0.6) is 0 Å². The Morgan fingerprint density at radius 1 is 0.964 bits per heavy atom. The molecule has 0 bridgehead atoms. The van der Waals surface area contributed by atoms with Gasteiger partial charge in [0.25, 0.3) is 11.6 Å². The summed E-state index contributed by atoms with van der Waals surface area (Å²) in [4.78, 5) is 27.5. The van der Waals surface area contributed by atoms with Crippen molar-refractivity contribution < 1.29 is 9.72 Å². The van der Waals surface area contributed by atoms with Gasteiger partial charge < -0.3 is 9.80 Å². The average molecular weight is 378 g/mol. The molecule has 28 heavy (non-hydrogen) atoms. The van der Waals surface area contributed by atoms with Gasteiger partial charge in [-0.25, -0.2) is 0 Å². The fourth-order valence-corrected chi connectivity index (χ4v) is 3.33. The van der Waals surface area contributed by atoms with Gasteiger partial charge >= 0.3 is 0 Å². The molecule has 2 aromatic carbocycles. The molecule has 0 saturated carbocycles. The molecule has 0 N–H and O–H groups in total. The largest absolute Gasteiger partial charge is 0.362 e. The Morgan fingerprint density at radius 2 is 1.64 bits per heavy atom. The van der Waals surface area contributed by atoms with Crippen LogP contribution in [0.1, 0.15) is 10.4 Å². The number of rotatable bonds is 4. The smallest absolute Gasteiger partial charge is 0.294 e. The number of carbonyl (C=O) groups is 1. The molecule has 4 rings (SSSR count). The lowest BCUT2D eigenvalue weighted by Crippen LogP contribution is -2.49. The van der Waals surface area contributed by atoms with Crippen LogP contribution in [0.4, 0.5) is 11.4 Å². The van der Waals surface area contributed by atoms with Gasteiger partial charge in [-0.2, -0.15) is 0 Å². The number of anilines is 1. The molecule has 1 aromatic heterocycles. The number of aromatic nitrogens is 3. The molecule has 0 atom stereocenters. The Bertz CT molecular complexity index is 982. The lowest BCUT2D eigenvalue weighted by atomic mass is 10.1. The maximum absolute atomic E-state index is 12.6. The molecule has 0 aliphatic carbocycles. The lowest BCUT2D eigenvalue weighted by Gasteiger charge is -2.36. The van der Waals surface area contributed by atoms with E-state index in [0.29, 0.717) is 43.1 Å². The minimum absolute atomic E-state index is 0.0160. The van der Waals surface area contributed by atoms with Crippen molar-refractivity contribution in [1.82, 2.24) is 19.7 Å². The fourth-order valence-electron chi connectivity index (χ4n) is 3.33. The summed E-state index contributed by atoms with van der Waals surface area (Å²) in [5.74, 6) is -0.0160. The van der Waals surface area contributed by atoms with Gasteiger partial charge in [0, 0.05) is 37.8 Å². The van der Waals surface area contributed by atoms with Crippen LogP contribution in [0.2, 0.25) is 0 Å². The minimum atomic E-state index is -0.384. The van der Waals surface area contributed by atoms with Crippen molar-refractivity contribution in [2.24, 2.45) is 0 Å². The first-order chi connectivity index (χ1) is 13.6. The SMILES string of the molecule is O=C(c1ccccc1)N1CCN(c2ccc(-n3cnnc3)cc2[N+](=O)[O-])CC1. The summed E-state index contributed by atoms with van der Waals surface area (Å²) in [6, 6.07) is 14.2. The molecule has 9 heteroatoms. The van der Waals surface area contributed by atoms with Gasteiger partial charge in [-0.1, -0.05) is 18.2 Å². The standard InChI is InChI=1S/C19H18N6O3/c26-19(15-4-2-1-3-5-15)23-10-8-22(9-11-23)17-7-6-16(12-18(17)25(27)28)24-13-20-21-14-24/h1-7,12-14H,8-11H2. The number of hydrogen-bond donors (Lipinski definition) is 0. The summed E-state index contributed by atoms with van der Waals surface area (Å²) in [5, 5.41) is 19.1. The molecule has 142 valence electrons. The van der Waals surface area contributed by atoms with E-state index in [2.05, 4.69) is 10.2 Å². The minimum Gasteiger partial charge on any atom is -0.362 e. The highest BCUT2D eigenvalue weighted by Gasteiger charge is 2.26. The summed E-state index contributed by atoms with van der Waals surface area (Å²) in [6.07, 6.45) is 2.99. The van der Waals surface area contributed by atoms with Gasteiger partial charge in [0.2, 0.25) is 0 Å². The highest BCUT2D eigenvalue weighted by atomic mass is 16.6. The Labute approximate surface area is 161 Å². The van der Waals surface area contributed by atoms with Crippen LogP contribution in [0.3, 0.4) is 0 Å². The van der Waals surface area contributed by atoms with Crippen LogP contribution in [0.25, 0.3) is 5.69 Å². The quantitative estimate of drug-likeness (QED) is 0.510. The average Bonchev–Trinajstić information content (AvgIpc) is 3.28. The predicted octanol–water partition coefficient (Wildman–Crippen LogP) is 2.14. The van der Waals surface area contributed by atoms with Crippen molar-refractivity contribution in [3.8, 4) is 5.69 Å². The second kappa shape index (κ2) is 7.47. The van der Waals surface area contributed by atoms with E-state index in [4.69, 9.17) is 0 Å². The van der Waals surface area contributed by atoms with Crippen LogP contribution in [-0.4, -0.2) is 56.7 Å². The zero-order valence-electron chi connectivity index (χ0n) is 15.0. The molecule has 1 saturated heterocycles. The molecule has 1 amide bonds. The van der Waals surface area contributed by atoms with E-state index >= 15 is 0 Å². The molecule has 9 nitrogen and oxygen atoms in total. The number of nitrogens with zero attached hydrogens (tertiary/aromatic N) is 6. The third-order valence-electron chi connectivity index (χ3n) is 4.80. The summed E-state index contributed by atoms with van der Waals surface area (Å²) in [6.45, 7) is 2.09. The van der Waals surface area contributed by atoms with Gasteiger partial charge in [-0.15, -0.1) is 10.2 Å². The van der Waals surface area contributed by atoms with E-state index in [0.717, 1.165) is 0 Å². The number of nitro benzene ring substituents is 1. The Morgan fingerprint density at radius 3 is 2.29 bits per heavy atom. The normalized spacial score (nSPS) is 14.1. The zero-order valence-corrected chi connectivity index (χ0v) is 15.0. The van der Waals surface area contributed by atoms with Crippen molar-refractivity contribution in [3.63, 3.8) is 0 Å². The maximum Gasteiger partial charge on any atom is 0.294 e. The van der Waals surface area contributed by atoms with Gasteiger partial charge in [-0.3, -0.25) is 19.5 Å². The first-order valence-electron chi connectivity index (χ1n) is 8.86.